The van der Waals surface area contributed by atoms with Crippen LogP contribution in [0.1, 0.15) is 59.1 Å². The summed E-state index contributed by atoms with van der Waals surface area (Å²) in [7, 11) is 0. The molecule has 0 saturated carbocycles. The van der Waals surface area contributed by atoms with E-state index < -0.39 is 0 Å². The molecule has 0 radical (unpaired) electrons. The molecular formula is C20H34O3S. The summed E-state index contributed by atoms with van der Waals surface area (Å²) in [6.45, 7) is 14.3. The Morgan fingerprint density at radius 2 is 1.79 bits per heavy atom. The lowest BCUT2D eigenvalue weighted by Gasteiger charge is -2.22. The second-order valence-corrected chi connectivity index (χ2v) is 5.65. The molecule has 0 amide bonds. The number of hydrogen-bond donors (Lipinski definition) is 1. The summed E-state index contributed by atoms with van der Waals surface area (Å²) in [5.41, 5.74) is 1.93. The van der Waals surface area contributed by atoms with E-state index in [1.807, 2.05) is 71.9 Å². The van der Waals surface area contributed by atoms with Crippen LogP contribution in [0, 0.1) is 6.92 Å². The van der Waals surface area contributed by atoms with Gasteiger partial charge in [0, 0.05) is 0 Å². The molecule has 0 bridgehead atoms. The Labute approximate surface area is 153 Å². The van der Waals surface area contributed by atoms with E-state index in [2.05, 4.69) is 12.6 Å². The van der Waals surface area contributed by atoms with E-state index in [1.54, 1.807) is 13.2 Å². The van der Waals surface area contributed by atoms with E-state index in [0.717, 1.165) is 16.9 Å². The smallest absolute Gasteiger partial charge is 0.309 e. The minimum Gasteiger partial charge on any atom is -0.488 e. The number of carbonyl (C=O) groups excluding carboxylic acids is 1. The quantitative estimate of drug-likeness (QED) is 0.543. The molecule has 0 atom stereocenters. The van der Waals surface area contributed by atoms with Gasteiger partial charge < -0.3 is 9.47 Å². The maximum Gasteiger partial charge on any atom is 0.309 e. The number of benzene rings is 1. The van der Waals surface area contributed by atoms with Crippen molar-refractivity contribution in [3.05, 3.63) is 35.4 Å². The molecule has 0 spiro atoms. The Balaban J connectivity index is 0. The molecule has 0 aliphatic carbocycles. The maximum absolute atomic E-state index is 11.2. The second-order valence-electron chi connectivity index (χ2n) is 5.65. The van der Waals surface area contributed by atoms with E-state index >= 15 is 0 Å². The number of thiol groups is 1. The fourth-order valence-electron chi connectivity index (χ4n) is 1.73. The highest BCUT2D eigenvalue weighted by Crippen LogP contribution is 2.24. The SMILES string of the molecule is CC.CCOC(=O)C/C=C/c1ccc(OC(C)(C)C)c(C)c1.CS. The summed E-state index contributed by atoms with van der Waals surface area (Å²) >= 11 is 3.53. The average molecular weight is 355 g/mol. The van der Waals surface area contributed by atoms with Crippen LogP contribution in [0.2, 0.25) is 0 Å². The number of esters is 1. The first kappa shape index (κ1) is 24.8. The van der Waals surface area contributed by atoms with Crippen LogP contribution in [0.4, 0.5) is 0 Å². The summed E-state index contributed by atoms with van der Waals surface area (Å²) < 4.78 is 10.7. The Morgan fingerprint density at radius 3 is 2.25 bits per heavy atom. The van der Waals surface area contributed by atoms with Crippen molar-refractivity contribution < 1.29 is 14.3 Å². The number of carbonyl (C=O) groups is 1. The zero-order valence-electron chi connectivity index (χ0n) is 16.5. The molecule has 4 heteroatoms. The molecule has 0 fully saturated rings. The number of rotatable bonds is 5. The predicted octanol–water partition coefficient (Wildman–Crippen LogP) is 5.71. The minimum atomic E-state index is -0.202. The zero-order valence-corrected chi connectivity index (χ0v) is 17.4. The van der Waals surface area contributed by atoms with E-state index in [1.165, 1.54) is 0 Å². The van der Waals surface area contributed by atoms with Crippen molar-refractivity contribution in [2.45, 2.75) is 60.5 Å². The van der Waals surface area contributed by atoms with E-state index in [-0.39, 0.29) is 11.6 Å². The Bertz CT molecular complexity index is 488. The first-order valence-electron chi connectivity index (χ1n) is 8.38. The van der Waals surface area contributed by atoms with Gasteiger partial charge in [-0.2, -0.15) is 12.6 Å². The van der Waals surface area contributed by atoms with E-state index in [9.17, 15) is 4.79 Å². The van der Waals surface area contributed by atoms with Gasteiger partial charge in [-0.3, -0.25) is 4.79 Å². The monoisotopic (exact) mass is 354 g/mol. The van der Waals surface area contributed by atoms with Gasteiger partial charge >= 0.3 is 5.97 Å². The van der Waals surface area contributed by atoms with Crippen molar-refractivity contribution in [2.75, 3.05) is 12.9 Å². The van der Waals surface area contributed by atoms with Crippen molar-refractivity contribution >= 4 is 24.7 Å². The normalized spacial score (nSPS) is 10.2. The molecule has 3 nitrogen and oxygen atoms in total. The number of ether oxygens (including phenoxy) is 2. The Morgan fingerprint density at radius 1 is 1.21 bits per heavy atom. The van der Waals surface area contributed by atoms with Crippen LogP contribution in [0.25, 0.3) is 6.08 Å². The molecule has 0 N–H and O–H groups in total. The first-order valence-corrected chi connectivity index (χ1v) is 9.28. The number of aryl methyl sites for hydroxylation is 1. The number of hydrogen-bond acceptors (Lipinski definition) is 4. The second kappa shape index (κ2) is 14.0. The highest BCUT2D eigenvalue weighted by atomic mass is 32.1. The molecule has 0 aliphatic heterocycles. The van der Waals surface area contributed by atoms with Gasteiger partial charge in [0.1, 0.15) is 11.4 Å². The third kappa shape index (κ3) is 12.1. The highest BCUT2D eigenvalue weighted by Gasteiger charge is 2.13. The summed E-state index contributed by atoms with van der Waals surface area (Å²) in [5, 5.41) is 0. The van der Waals surface area contributed by atoms with Crippen molar-refractivity contribution in [1.82, 2.24) is 0 Å². The van der Waals surface area contributed by atoms with Crippen LogP contribution < -0.4 is 4.74 Å². The molecule has 1 aromatic carbocycles. The van der Waals surface area contributed by atoms with E-state index in [0.29, 0.717) is 13.0 Å². The van der Waals surface area contributed by atoms with Crippen molar-refractivity contribution in [3.63, 3.8) is 0 Å². The summed E-state index contributed by atoms with van der Waals surface area (Å²) in [4.78, 5) is 11.2. The minimum absolute atomic E-state index is 0.201. The average Bonchev–Trinajstić information content (AvgIpc) is 2.53. The maximum atomic E-state index is 11.2. The molecule has 1 aromatic rings. The molecule has 138 valence electrons. The van der Waals surface area contributed by atoms with Crippen LogP contribution in [0.3, 0.4) is 0 Å². The molecule has 0 aromatic heterocycles. The zero-order chi connectivity index (χ0) is 19.2. The molecule has 0 saturated heterocycles. The standard InChI is InChI=1S/C17H24O3.C2H6.CH4S/c1-6-19-16(18)9-7-8-14-10-11-15(13(2)12-14)20-17(3,4)5;2*1-2/h7-8,10-12H,6,9H2,1-5H3;1-2H3;2H,1H3/b8-7+;;. The predicted molar refractivity (Wildman–Crippen MR) is 108 cm³/mol. The van der Waals surface area contributed by atoms with Crippen LogP contribution in [0.15, 0.2) is 24.3 Å². The van der Waals surface area contributed by atoms with Crippen molar-refractivity contribution in [1.29, 1.82) is 0 Å². The fourth-order valence-corrected chi connectivity index (χ4v) is 1.73. The lowest BCUT2D eigenvalue weighted by atomic mass is 10.1. The first-order chi connectivity index (χ1) is 11.3. The lowest BCUT2D eigenvalue weighted by molar-refractivity contribution is -0.142. The van der Waals surface area contributed by atoms with Crippen LogP contribution >= 0.6 is 12.6 Å². The third-order valence-corrected chi connectivity index (χ3v) is 2.52. The Hall–Kier alpha value is -1.42. The fraction of sp³-hybridized carbons (Fsp3) is 0.550. The molecule has 0 heterocycles. The molecule has 0 aliphatic rings. The molecule has 1 rings (SSSR count). The summed E-state index contributed by atoms with van der Waals surface area (Å²) in [6.07, 6.45) is 5.73. The van der Waals surface area contributed by atoms with Crippen LogP contribution in [-0.4, -0.2) is 24.4 Å². The third-order valence-electron chi connectivity index (χ3n) is 2.52. The van der Waals surface area contributed by atoms with Crippen molar-refractivity contribution in [3.8, 4) is 5.75 Å². The van der Waals surface area contributed by atoms with Gasteiger partial charge in [-0.15, -0.1) is 0 Å². The van der Waals surface area contributed by atoms with Gasteiger partial charge in [-0.05, 0) is 64.1 Å². The molecule has 0 unspecified atom stereocenters. The topological polar surface area (TPSA) is 35.5 Å². The van der Waals surface area contributed by atoms with Gasteiger partial charge in [-0.1, -0.05) is 32.1 Å². The summed E-state index contributed by atoms with van der Waals surface area (Å²) in [6, 6.07) is 5.99. The van der Waals surface area contributed by atoms with Gasteiger partial charge in [-0.25, -0.2) is 0 Å². The van der Waals surface area contributed by atoms with Gasteiger partial charge in [0.05, 0.1) is 13.0 Å². The van der Waals surface area contributed by atoms with Crippen LogP contribution in [-0.2, 0) is 9.53 Å². The lowest BCUT2D eigenvalue weighted by Crippen LogP contribution is -2.23. The molecule has 24 heavy (non-hydrogen) atoms. The van der Waals surface area contributed by atoms with Crippen molar-refractivity contribution in [2.24, 2.45) is 0 Å². The molecular weight excluding hydrogens is 320 g/mol. The largest absolute Gasteiger partial charge is 0.488 e. The van der Waals surface area contributed by atoms with Gasteiger partial charge in [0.15, 0.2) is 0 Å². The van der Waals surface area contributed by atoms with E-state index in [4.69, 9.17) is 9.47 Å². The van der Waals surface area contributed by atoms with Gasteiger partial charge in [0.2, 0.25) is 0 Å². The van der Waals surface area contributed by atoms with Gasteiger partial charge in [0.25, 0.3) is 0 Å². The van der Waals surface area contributed by atoms with Crippen LogP contribution in [0.5, 0.6) is 5.75 Å². The summed E-state index contributed by atoms with van der Waals surface area (Å²) in [5.74, 6) is 0.688. The Kier molecular flexibility index (Phi) is 14.4. The highest BCUT2D eigenvalue weighted by molar-refractivity contribution is 7.79.